The van der Waals surface area contributed by atoms with Gasteiger partial charge >= 0.3 is 5.97 Å². The van der Waals surface area contributed by atoms with E-state index < -0.39 is 17.7 Å². The molecule has 0 radical (unpaired) electrons. The average Bonchev–Trinajstić information content (AvgIpc) is 3.17. The lowest BCUT2D eigenvalue weighted by molar-refractivity contribution is -0.146. The fourth-order valence-corrected chi connectivity index (χ4v) is 3.40. The number of aromatic nitrogens is 1. The largest absolute Gasteiger partial charge is 0.465 e. The highest BCUT2D eigenvalue weighted by Gasteiger charge is 2.33. The topological polar surface area (TPSA) is 81.9 Å². The standard InChI is InChI=1S/C22H28N2O5/c1-3-8-17(22(26)28-4-2)19(25)20-23-18(15-16-9-6-5-7-10-16)21(29-20)24-11-13-27-14-12-24/h5-7,9-10,17H,3-4,8,11-15H2,1-2H3. The predicted octanol–water partition coefficient (Wildman–Crippen LogP) is 3.26. The number of hydrogen-bond acceptors (Lipinski definition) is 7. The highest BCUT2D eigenvalue weighted by atomic mass is 16.5. The molecule has 0 aliphatic carbocycles. The molecule has 1 aliphatic rings. The van der Waals surface area contributed by atoms with Gasteiger partial charge in [-0.2, -0.15) is 0 Å². The lowest BCUT2D eigenvalue weighted by Crippen LogP contribution is -2.36. The van der Waals surface area contributed by atoms with Gasteiger partial charge in [0.15, 0.2) is 0 Å². The summed E-state index contributed by atoms with van der Waals surface area (Å²) in [6.07, 6.45) is 1.63. The molecule has 156 valence electrons. The summed E-state index contributed by atoms with van der Waals surface area (Å²) >= 11 is 0. The summed E-state index contributed by atoms with van der Waals surface area (Å²) in [5.74, 6) is -1.27. The van der Waals surface area contributed by atoms with E-state index >= 15 is 0 Å². The van der Waals surface area contributed by atoms with Gasteiger partial charge in [-0.05, 0) is 18.9 Å². The number of anilines is 1. The van der Waals surface area contributed by atoms with E-state index in [1.54, 1.807) is 6.92 Å². The summed E-state index contributed by atoms with van der Waals surface area (Å²) in [4.78, 5) is 31.9. The first-order valence-electron chi connectivity index (χ1n) is 10.2. The van der Waals surface area contributed by atoms with Crippen LogP contribution in [0.5, 0.6) is 0 Å². The van der Waals surface area contributed by atoms with E-state index in [2.05, 4.69) is 4.98 Å². The molecule has 0 saturated carbocycles. The minimum atomic E-state index is -0.888. The molecule has 1 saturated heterocycles. The zero-order chi connectivity index (χ0) is 20.6. The van der Waals surface area contributed by atoms with E-state index in [4.69, 9.17) is 13.9 Å². The minimum Gasteiger partial charge on any atom is -0.465 e. The molecule has 0 bridgehead atoms. The molecule has 2 heterocycles. The number of Topliss-reactive ketones (excluding diaryl/α,β-unsaturated/α-hetero) is 1. The van der Waals surface area contributed by atoms with Crippen LogP contribution in [0.15, 0.2) is 34.7 Å². The van der Waals surface area contributed by atoms with Gasteiger partial charge in [0.1, 0.15) is 11.6 Å². The number of esters is 1. The molecular formula is C22H28N2O5. The first kappa shape index (κ1) is 21.0. The predicted molar refractivity (Wildman–Crippen MR) is 108 cm³/mol. The number of benzene rings is 1. The second-order valence-electron chi connectivity index (χ2n) is 6.99. The normalized spacial score (nSPS) is 15.2. The Morgan fingerprint density at radius 2 is 1.90 bits per heavy atom. The Hall–Kier alpha value is -2.67. The quantitative estimate of drug-likeness (QED) is 0.363. The van der Waals surface area contributed by atoms with Gasteiger partial charge in [-0.25, -0.2) is 4.98 Å². The molecule has 1 atom stereocenters. The van der Waals surface area contributed by atoms with Crippen molar-refractivity contribution in [3.8, 4) is 0 Å². The Morgan fingerprint density at radius 3 is 2.55 bits per heavy atom. The Kier molecular flexibility index (Phi) is 7.41. The summed E-state index contributed by atoms with van der Waals surface area (Å²) in [6.45, 7) is 6.41. The molecule has 1 unspecified atom stereocenters. The fraction of sp³-hybridized carbons (Fsp3) is 0.500. The number of carbonyl (C=O) groups excluding carboxylic acids is 2. The van der Waals surface area contributed by atoms with Gasteiger partial charge in [-0.15, -0.1) is 0 Å². The highest BCUT2D eigenvalue weighted by Crippen LogP contribution is 2.28. The summed E-state index contributed by atoms with van der Waals surface area (Å²) in [5, 5.41) is 0. The van der Waals surface area contributed by atoms with Crippen LogP contribution >= 0.6 is 0 Å². The Morgan fingerprint density at radius 1 is 1.17 bits per heavy atom. The van der Waals surface area contributed by atoms with Crippen LogP contribution in [0.2, 0.25) is 0 Å². The summed E-state index contributed by atoms with van der Waals surface area (Å²) < 4.78 is 16.5. The van der Waals surface area contributed by atoms with Crippen LogP contribution < -0.4 is 4.90 Å². The second-order valence-corrected chi connectivity index (χ2v) is 6.99. The van der Waals surface area contributed by atoms with Crippen molar-refractivity contribution in [2.24, 2.45) is 5.92 Å². The van der Waals surface area contributed by atoms with E-state index in [0.717, 1.165) is 5.56 Å². The Balaban J connectivity index is 1.91. The van der Waals surface area contributed by atoms with Gasteiger partial charge in [0.25, 0.3) is 5.89 Å². The first-order valence-corrected chi connectivity index (χ1v) is 10.2. The molecule has 7 nitrogen and oxygen atoms in total. The van der Waals surface area contributed by atoms with Crippen LogP contribution in [-0.4, -0.2) is 49.6 Å². The number of oxazole rings is 1. The average molecular weight is 400 g/mol. The van der Waals surface area contributed by atoms with Gasteiger partial charge in [-0.1, -0.05) is 43.7 Å². The first-order chi connectivity index (χ1) is 14.1. The van der Waals surface area contributed by atoms with Gasteiger partial charge in [-0.3, -0.25) is 9.59 Å². The maximum atomic E-state index is 13.1. The van der Waals surface area contributed by atoms with Crippen LogP contribution in [0, 0.1) is 5.92 Å². The summed E-state index contributed by atoms with van der Waals surface area (Å²) in [5.41, 5.74) is 1.77. The van der Waals surface area contributed by atoms with Gasteiger partial charge in [0.05, 0.1) is 19.8 Å². The molecule has 1 fully saturated rings. The molecule has 0 spiro atoms. The van der Waals surface area contributed by atoms with Crippen molar-refractivity contribution < 1.29 is 23.5 Å². The van der Waals surface area contributed by atoms with Gasteiger partial charge < -0.3 is 18.8 Å². The highest BCUT2D eigenvalue weighted by molar-refractivity contribution is 6.06. The molecule has 1 aromatic heterocycles. The van der Waals surface area contributed by atoms with Crippen LogP contribution in [-0.2, 0) is 20.7 Å². The molecular weight excluding hydrogens is 372 g/mol. The van der Waals surface area contributed by atoms with Gasteiger partial charge in [0.2, 0.25) is 11.7 Å². The van der Waals surface area contributed by atoms with E-state index in [1.165, 1.54) is 0 Å². The number of rotatable bonds is 9. The number of morpholine rings is 1. The zero-order valence-corrected chi connectivity index (χ0v) is 17.1. The third-order valence-electron chi connectivity index (χ3n) is 4.87. The lowest BCUT2D eigenvalue weighted by atomic mass is 9.98. The second kappa shape index (κ2) is 10.2. The number of carbonyl (C=O) groups is 2. The van der Waals surface area contributed by atoms with Crippen LogP contribution in [0.25, 0.3) is 0 Å². The number of ketones is 1. The Bertz CT molecular complexity index is 812. The SMILES string of the molecule is CCCC(C(=O)OCC)C(=O)c1nc(Cc2ccccc2)c(N2CCOCC2)o1. The van der Waals surface area contributed by atoms with Crippen molar-refractivity contribution >= 4 is 17.6 Å². The van der Waals surface area contributed by atoms with E-state index in [1.807, 2.05) is 42.2 Å². The van der Waals surface area contributed by atoms with Crippen molar-refractivity contribution in [1.29, 1.82) is 0 Å². The third-order valence-corrected chi connectivity index (χ3v) is 4.87. The van der Waals surface area contributed by atoms with Crippen molar-refractivity contribution in [1.82, 2.24) is 4.98 Å². The van der Waals surface area contributed by atoms with E-state index in [9.17, 15) is 9.59 Å². The molecule has 3 rings (SSSR count). The molecule has 7 heteroatoms. The number of hydrogen-bond donors (Lipinski definition) is 0. The van der Waals surface area contributed by atoms with Crippen molar-refractivity contribution in [2.75, 3.05) is 37.8 Å². The lowest BCUT2D eigenvalue weighted by Gasteiger charge is -2.26. The molecule has 1 aliphatic heterocycles. The van der Waals surface area contributed by atoms with Crippen molar-refractivity contribution in [2.45, 2.75) is 33.1 Å². The van der Waals surface area contributed by atoms with Crippen LogP contribution in [0.3, 0.4) is 0 Å². The van der Waals surface area contributed by atoms with Crippen LogP contribution in [0.4, 0.5) is 5.88 Å². The maximum absolute atomic E-state index is 13.1. The smallest absolute Gasteiger partial charge is 0.317 e. The molecule has 1 aromatic carbocycles. The number of ether oxygens (including phenoxy) is 2. The molecule has 2 aromatic rings. The number of nitrogens with zero attached hydrogens (tertiary/aromatic N) is 2. The monoisotopic (exact) mass is 400 g/mol. The molecule has 29 heavy (non-hydrogen) atoms. The molecule has 0 N–H and O–H groups in total. The Labute approximate surface area is 171 Å². The zero-order valence-electron chi connectivity index (χ0n) is 17.1. The van der Waals surface area contributed by atoms with E-state index in [0.29, 0.717) is 57.1 Å². The van der Waals surface area contributed by atoms with E-state index in [-0.39, 0.29) is 12.5 Å². The maximum Gasteiger partial charge on any atom is 0.317 e. The van der Waals surface area contributed by atoms with Gasteiger partial charge in [0, 0.05) is 19.5 Å². The minimum absolute atomic E-state index is 0.0241. The summed E-state index contributed by atoms with van der Waals surface area (Å²) in [6, 6.07) is 9.91. The molecule has 0 amide bonds. The third kappa shape index (κ3) is 5.23. The van der Waals surface area contributed by atoms with Crippen molar-refractivity contribution in [3.05, 3.63) is 47.5 Å². The summed E-state index contributed by atoms with van der Waals surface area (Å²) in [7, 11) is 0. The van der Waals surface area contributed by atoms with Crippen LogP contribution in [0.1, 0.15) is 48.6 Å². The fourth-order valence-electron chi connectivity index (χ4n) is 3.40. The van der Waals surface area contributed by atoms with Crippen molar-refractivity contribution in [3.63, 3.8) is 0 Å².